The molecule has 0 radical (unpaired) electrons. The molecule has 3 N–H and O–H groups in total. The summed E-state index contributed by atoms with van der Waals surface area (Å²) < 4.78 is 67.8. The monoisotopic (exact) mass is 1200 g/mol. The number of phosphoric acid groups is 2. The smallest absolute Gasteiger partial charge is 0.462 e. The summed E-state index contributed by atoms with van der Waals surface area (Å²) in [5.74, 6) is -0.678. The van der Waals surface area contributed by atoms with E-state index in [0.29, 0.717) is 25.7 Å². The number of phosphoric ester groups is 2. The van der Waals surface area contributed by atoms with Crippen LogP contribution in [0, 0.1) is 11.8 Å². The fourth-order valence-electron chi connectivity index (χ4n) is 9.18. The van der Waals surface area contributed by atoms with E-state index in [-0.39, 0.29) is 25.7 Å². The molecule has 0 aromatic rings. The third-order valence-electron chi connectivity index (χ3n) is 14.2. The molecule has 0 aliphatic rings. The van der Waals surface area contributed by atoms with Gasteiger partial charge in [0.2, 0.25) is 0 Å². The molecule has 17 nitrogen and oxygen atoms in total. The highest BCUT2D eigenvalue weighted by molar-refractivity contribution is 7.47. The summed E-state index contributed by atoms with van der Waals surface area (Å²) >= 11 is 0. The van der Waals surface area contributed by atoms with Gasteiger partial charge in [-0.05, 0) is 37.5 Å². The summed E-state index contributed by atoms with van der Waals surface area (Å²) in [6.07, 6.45) is 36.3. The van der Waals surface area contributed by atoms with Gasteiger partial charge in [0.15, 0.2) is 12.2 Å². The number of hydrogen-bond acceptors (Lipinski definition) is 15. The lowest BCUT2D eigenvalue weighted by atomic mass is 10.0. The van der Waals surface area contributed by atoms with Gasteiger partial charge in [-0.25, -0.2) is 9.13 Å². The first kappa shape index (κ1) is 79.1. The van der Waals surface area contributed by atoms with Crippen LogP contribution in [0.2, 0.25) is 0 Å². The molecule has 0 amide bonds. The fourth-order valence-corrected chi connectivity index (χ4v) is 10.8. The summed E-state index contributed by atoms with van der Waals surface area (Å²) in [5, 5.41) is 10.5. The van der Waals surface area contributed by atoms with E-state index < -0.39 is 97.5 Å². The van der Waals surface area contributed by atoms with Crippen molar-refractivity contribution in [3.8, 4) is 0 Å². The Morgan fingerprint density at radius 1 is 0.333 bits per heavy atom. The van der Waals surface area contributed by atoms with Gasteiger partial charge in [-0.15, -0.1) is 0 Å². The zero-order chi connectivity index (χ0) is 60.1. The van der Waals surface area contributed by atoms with Crippen LogP contribution in [0.1, 0.15) is 305 Å². The average molecular weight is 1200 g/mol. The fraction of sp³-hybridized carbons (Fsp3) is 0.935. The summed E-state index contributed by atoms with van der Waals surface area (Å²) in [7, 11) is -9.88. The first-order valence-corrected chi connectivity index (χ1v) is 35.5. The van der Waals surface area contributed by atoms with E-state index in [1.165, 1.54) is 109 Å². The molecule has 0 aromatic heterocycles. The van der Waals surface area contributed by atoms with Crippen molar-refractivity contribution in [2.75, 3.05) is 39.6 Å². The zero-order valence-electron chi connectivity index (χ0n) is 52.1. The maximum Gasteiger partial charge on any atom is 0.472 e. The highest BCUT2D eigenvalue weighted by Gasteiger charge is 2.30. The Bertz CT molecular complexity index is 1600. The normalized spacial score (nSPS) is 14.4. The Kier molecular flexibility index (Phi) is 53.4. The number of aliphatic hydroxyl groups excluding tert-OH is 1. The van der Waals surface area contributed by atoms with Gasteiger partial charge in [0.25, 0.3) is 0 Å². The number of aliphatic hydroxyl groups is 1. The molecule has 0 bridgehead atoms. The van der Waals surface area contributed by atoms with Gasteiger partial charge < -0.3 is 33.8 Å². The van der Waals surface area contributed by atoms with E-state index in [4.69, 9.17) is 37.0 Å². The summed E-state index contributed by atoms with van der Waals surface area (Å²) in [5.41, 5.74) is 0. The van der Waals surface area contributed by atoms with Gasteiger partial charge in [-0.1, -0.05) is 253 Å². The van der Waals surface area contributed by atoms with Gasteiger partial charge in [-0.3, -0.25) is 37.3 Å². The summed E-state index contributed by atoms with van der Waals surface area (Å²) in [6, 6.07) is 0. The number of ether oxygens (including phenoxy) is 4. The lowest BCUT2D eigenvalue weighted by Gasteiger charge is -2.21. The van der Waals surface area contributed by atoms with Crippen LogP contribution in [0.5, 0.6) is 0 Å². The van der Waals surface area contributed by atoms with Crippen LogP contribution in [0.25, 0.3) is 0 Å². The predicted molar refractivity (Wildman–Crippen MR) is 321 cm³/mol. The van der Waals surface area contributed by atoms with Crippen molar-refractivity contribution in [1.29, 1.82) is 0 Å². The summed E-state index contributed by atoms with van der Waals surface area (Å²) in [6.45, 7) is 9.38. The van der Waals surface area contributed by atoms with Crippen molar-refractivity contribution >= 4 is 39.5 Å². The predicted octanol–water partition coefficient (Wildman–Crippen LogP) is 16.9. The van der Waals surface area contributed by atoms with E-state index in [1.807, 2.05) is 0 Å². The van der Waals surface area contributed by atoms with Gasteiger partial charge in [-0.2, -0.15) is 0 Å². The second-order valence-electron chi connectivity index (χ2n) is 23.4. The molecule has 0 saturated heterocycles. The number of carbonyl (C=O) groups is 4. The second kappa shape index (κ2) is 54.7. The number of unbranched alkanes of at least 4 members (excludes halogenated alkanes) is 31. The lowest BCUT2D eigenvalue weighted by molar-refractivity contribution is -0.161. The molecule has 480 valence electrons. The highest BCUT2D eigenvalue weighted by Crippen LogP contribution is 2.45. The van der Waals surface area contributed by atoms with E-state index in [2.05, 4.69) is 41.5 Å². The average Bonchev–Trinajstić information content (AvgIpc) is 3.42. The minimum atomic E-state index is -4.94. The Hall–Kier alpha value is -1.94. The molecular formula is C62H120O17P2. The first-order chi connectivity index (χ1) is 38.9. The minimum absolute atomic E-state index is 0.105. The third-order valence-corrected chi connectivity index (χ3v) is 16.1. The van der Waals surface area contributed by atoms with Crippen molar-refractivity contribution in [3.63, 3.8) is 0 Å². The molecule has 0 fully saturated rings. The Balaban J connectivity index is 5.22. The molecule has 81 heavy (non-hydrogen) atoms. The molecule has 2 unspecified atom stereocenters. The molecular weight excluding hydrogens is 1080 g/mol. The maximum absolute atomic E-state index is 12.9. The van der Waals surface area contributed by atoms with Crippen LogP contribution >= 0.6 is 15.6 Å². The van der Waals surface area contributed by atoms with Crippen molar-refractivity contribution < 1.29 is 80.2 Å². The van der Waals surface area contributed by atoms with Crippen LogP contribution in [-0.4, -0.2) is 96.7 Å². The SMILES string of the molecule is CCCCCCCCCCCCCC(=O)O[C@H](COC(=O)CCCCCCCCC)COP(=O)(O)OC[C@H](O)COP(=O)(O)OC[C@@H](COC(=O)CCCCCCCCCCC(C)C)OC(=O)CCCCCCCCCCCC(C)C. The molecule has 0 spiro atoms. The number of carbonyl (C=O) groups excluding carboxylic acids is 4. The van der Waals surface area contributed by atoms with Gasteiger partial charge >= 0.3 is 39.5 Å². The second-order valence-corrected chi connectivity index (χ2v) is 26.3. The zero-order valence-corrected chi connectivity index (χ0v) is 53.9. The molecule has 0 aromatic carbocycles. The van der Waals surface area contributed by atoms with Crippen LogP contribution in [0.3, 0.4) is 0 Å². The van der Waals surface area contributed by atoms with Gasteiger partial charge in [0.1, 0.15) is 19.3 Å². The standard InChI is InChI=1S/C62H120O17P2/c1-7-9-11-13-15-16-17-20-28-34-40-46-61(66)78-57(50-72-59(64)44-38-32-24-14-12-10-8-2)52-76-80(68,69)74-48-56(63)49-75-81(70,71)77-53-58(51-73-60(65)45-39-33-27-23-22-26-31-37-43-55(5)6)79-62(67)47-41-35-29-21-18-19-25-30-36-42-54(3)4/h54-58,63H,7-53H2,1-6H3,(H,68,69)(H,70,71)/t56-,57+,58+/m0/s1. The molecule has 0 saturated carbocycles. The Labute approximate surface area is 492 Å². The number of rotatable bonds is 61. The van der Waals surface area contributed by atoms with E-state index in [9.17, 15) is 43.2 Å². The van der Waals surface area contributed by atoms with Crippen molar-refractivity contribution in [2.45, 2.75) is 323 Å². The molecule has 0 aliphatic carbocycles. The van der Waals surface area contributed by atoms with Crippen LogP contribution < -0.4 is 0 Å². The van der Waals surface area contributed by atoms with Gasteiger partial charge in [0, 0.05) is 25.7 Å². The Morgan fingerprint density at radius 2 is 0.568 bits per heavy atom. The minimum Gasteiger partial charge on any atom is -0.462 e. The van der Waals surface area contributed by atoms with E-state index >= 15 is 0 Å². The number of hydrogen-bond donors (Lipinski definition) is 3. The third kappa shape index (κ3) is 56.9. The van der Waals surface area contributed by atoms with Crippen LogP contribution in [-0.2, 0) is 65.4 Å². The molecule has 0 aliphatic heterocycles. The topological polar surface area (TPSA) is 237 Å². The summed E-state index contributed by atoms with van der Waals surface area (Å²) in [4.78, 5) is 72.0. The lowest BCUT2D eigenvalue weighted by Crippen LogP contribution is -2.30. The first-order valence-electron chi connectivity index (χ1n) is 32.5. The maximum atomic E-state index is 12.9. The molecule has 0 heterocycles. The molecule has 0 rings (SSSR count). The van der Waals surface area contributed by atoms with Crippen LogP contribution in [0.15, 0.2) is 0 Å². The van der Waals surface area contributed by atoms with E-state index in [1.54, 1.807) is 0 Å². The van der Waals surface area contributed by atoms with E-state index in [0.717, 1.165) is 115 Å². The van der Waals surface area contributed by atoms with Crippen LogP contribution in [0.4, 0.5) is 0 Å². The van der Waals surface area contributed by atoms with Crippen molar-refractivity contribution in [1.82, 2.24) is 0 Å². The quantitative estimate of drug-likeness (QED) is 0.0222. The Morgan fingerprint density at radius 3 is 0.840 bits per heavy atom. The largest absolute Gasteiger partial charge is 0.472 e. The molecule has 19 heteroatoms. The van der Waals surface area contributed by atoms with Gasteiger partial charge in [0.05, 0.1) is 26.4 Å². The number of esters is 4. The van der Waals surface area contributed by atoms with Crippen molar-refractivity contribution in [3.05, 3.63) is 0 Å². The molecule has 5 atom stereocenters. The highest BCUT2D eigenvalue weighted by atomic mass is 31.2. The van der Waals surface area contributed by atoms with Crippen molar-refractivity contribution in [2.24, 2.45) is 11.8 Å².